The molecule has 0 atom stereocenters. The molecule has 0 N–H and O–H groups in total. The van der Waals surface area contributed by atoms with E-state index in [1.807, 2.05) is 0 Å². The molecule has 0 bridgehead atoms. The number of nitro groups is 1. The third kappa shape index (κ3) is 3.61. The molecule has 0 spiro atoms. The first-order valence-corrected chi connectivity index (χ1v) is 10.5. The van der Waals surface area contributed by atoms with E-state index >= 15 is 0 Å². The second-order valence-electron chi connectivity index (χ2n) is 6.74. The first-order chi connectivity index (χ1) is 14.7. The fourth-order valence-electron chi connectivity index (χ4n) is 3.37. The number of pyridine rings is 1. The summed E-state index contributed by atoms with van der Waals surface area (Å²) in [5.41, 5.74) is -1.34. The normalized spacial score (nSPS) is 15.4. The lowest BCUT2D eigenvalue weighted by molar-refractivity contribution is -0.385. The Kier molecular flexibility index (Phi) is 5.15. The van der Waals surface area contributed by atoms with Crippen molar-refractivity contribution in [2.75, 3.05) is 31.1 Å². The van der Waals surface area contributed by atoms with Crippen LogP contribution in [0.15, 0.2) is 52.3 Å². The number of rotatable bonds is 4. The van der Waals surface area contributed by atoms with Gasteiger partial charge in [-0.1, -0.05) is 6.07 Å². The molecule has 162 valence electrons. The Balaban J connectivity index is 1.64. The molecule has 0 unspecified atom stereocenters. The average molecular weight is 451 g/mol. The Bertz CT molecular complexity index is 1350. The van der Waals surface area contributed by atoms with E-state index in [2.05, 4.69) is 4.98 Å². The molecule has 31 heavy (non-hydrogen) atoms. The van der Waals surface area contributed by atoms with E-state index < -0.39 is 42.7 Å². The summed E-state index contributed by atoms with van der Waals surface area (Å²) >= 11 is 0. The number of hydrogen-bond donors (Lipinski definition) is 0. The van der Waals surface area contributed by atoms with Crippen LogP contribution in [0.3, 0.4) is 0 Å². The number of piperazine rings is 1. The van der Waals surface area contributed by atoms with Gasteiger partial charge in [0.1, 0.15) is 5.65 Å². The molecule has 1 fully saturated rings. The number of nitrogens with zero attached hydrogens (tertiary/aromatic N) is 5. The Morgan fingerprint density at radius 1 is 1.03 bits per heavy atom. The zero-order chi connectivity index (χ0) is 22.3. The number of aromatic nitrogens is 2. The molecule has 0 saturated carbocycles. The van der Waals surface area contributed by atoms with Crippen molar-refractivity contribution in [1.82, 2.24) is 13.7 Å². The molecule has 0 radical (unpaired) electrons. The second kappa shape index (κ2) is 7.67. The predicted octanol–water partition coefficient (Wildman–Crippen LogP) is 1.39. The first kappa shape index (κ1) is 20.8. The summed E-state index contributed by atoms with van der Waals surface area (Å²) in [5.74, 6) is -2.59. The molecular weight excluding hydrogens is 436 g/mol. The van der Waals surface area contributed by atoms with Gasteiger partial charge >= 0.3 is 11.2 Å². The van der Waals surface area contributed by atoms with Crippen molar-refractivity contribution in [3.8, 4) is 0 Å². The van der Waals surface area contributed by atoms with Crippen LogP contribution in [0.25, 0.3) is 5.65 Å². The van der Waals surface area contributed by atoms with Crippen LogP contribution in [0.2, 0.25) is 0 Å². The number of anilines is 1. The summed E-state index contributed by atoms with van der Waals surface area (Å²) in [6.45, 7) is -0.152. The summed E-state index contributed by atoms with van der Waals surface area (Å²) in [4.78, 5) is 28.6. The van der Waals surface area contributed by atoms with E-state index in [0.29, 0.717) is 6.07 Å². The Morgan fingerprint density at radius 2 is 1.74 bits per heavy atom. The quantitative estimate of drug-likeness (QED) is 0.435. The van der Waals surface area contributed by atoms with Gasteiger partial charge in [0.2, 0.25) is 15.8 Å². The zero-order valence-electron chi connectivity index (χ0n) is 15.8. The lowest BCUT2D eigenvalue weighted by Crippen LogP contribution is -2.49. The smallest absolute Gasteiger partial charge is 0.348 e. The van der Waals surface area contributed by atoms with Crippen LogP contribution in [0.1, 0.15) is 0 Å². The van der Waals surface area contributed by atoms with Crippen LogP contribution in [0, 0.1) is 21.7 Å². The highest BCUT2D eigenvalue weighted by Crippen LogP contribution is 2.26. The van der Waals surface area contributed by atoms with Crippen LogP contribution in [-0.4, -0.2) is 53.2 Å². The van der Waals surface area contributed by atoms with Gasteiger partial charge in [-0.2, -0.15) is 4.31 Å². The maximum absolute atomic E-state index is 13.5. The molecule has 4 rings (SSSR count). The Hall–Kier alpha value is -3.45. The van der Waals surface area contributed by atoms with E-state index in [-0.39, 0.29) is 37.6 Å². The van der Waals surface area contributed by atoms with Gasteiger partial charge in [0.25, 0.3) is 0 Å². The van der Waals surface area contributed by atoms with Crippen LogP contribution in [0.5, 0.6) is 0 Å². The highest BCUT2D eigenvalue weighted by Gasteiger charge is 2.33. The highest BCUT2D eigenvalue weighted by molar-refractivity contribution is 7.89. The van der Waals surface area contributed by atoms with Crippen molar-refractivity contribution in [3.63, 3.8) is 0 Å². The van der Waals surface area contributed by atoms with Gasteiger partial charge in [-0.3, -0.25) is 19.3 Å². The molecule has 10 nitrogen and oxygen atoms in total. The number of halogens is 2. The first-order valence-electron chi connectivity index (χ1n) is 9.06. The van der Waals surface area contributed by atoms with Crippen LogP contribution < -0.4 is 10.5 Å². The zero-order valence-corrected chi connectivity index (χ0v) is 16.6. The van der Waals surface area contributed by atoms with Gasteiger partial charge in [0, 0.05) is 32.4 Å². The molecule has 3 heterocycles. The van der Waals surface area contributed by atoms with Gasteiger partial charge in [0.15, 0.2) is 11.6 Å². The standard InChI is InChI=1S/C18H15F2N5O5S/c19-13-5-4-12(11-14(13)20)31(29,30)23-9-7-22(8-10-23)17-16(25(27)28)18(26)24-6-2-1-3-15(24)21-17/h1-6,11H,7-10H2. The van der Waals surface area contributed by atoms with Crippen molar-refractivity contribution < 1.29 is 22.1 Å². The van der Waals surface area contributed by atoms with Crippen molar-refractivity contribution >= 4 is 27.2 Å². The minimum Gasteiger partial charge on any atom is -0.348 e. The summed E-state index contributed by atoms with van der Waals surface area (Å²) in [7, 11) is -4.10. The summed E-state index contributed by atoms with van der Waals surface area (Å²) in [6.07, 6.45) is 1.37. The molecular formula is C18H15F2N5O5S. The number of fused-ring (bicyclic) bond motifs is 1. The second-order valence-corrected chi connectivity index (χ2v) is 8.68. The van der Waals surface area contributed by atoms with Crippen molar-refractivity contribution in [3.05, 3.63) is 74.7 Å². The molecule has 1 aliphatic heterocycles. The minimum atomic E-state index is -4.10. The molecule has 1 saturated heterocycles. The van der Waals surface area contributed by atoms with E-state index in [9.17, 15) is 32.1 Å². The number of sulfonamides is 1. The number of hydrogen-bond acceptors (Lipinski definition) is 7. The third-order valence-corrected chi connectivity index (χ3v) is 6.84. The van der Waals surface area contributed by atoms with Crippen LogP contribution in [0.4, 0.5) is 20.3 Å². The Labute approximate surface area is 174 Å². The predicted molar refractivity (Wildman–Crippen MR) is 105 cm³/mol. The minimum absolute atomic E-state index is 0.0131. The third-order valence-electron chi connectivity index (χ3n) is 4.94. The molecule has 2 aromatic heterocycles. The molecule has 0 aliphatic carbocycles. The lowest BCUT2D eigenvalue weighted by Gasteiger charge is -2.34. The molecule has 0 amide bonds. The van der Waals surface area contributed by atoms with E-state index in [1.54, 1.807) is 12.1 Å². The van der Waals surface area contributed by atoms with E-state index in [1.165, 1.54) is 17.2 Å². The maximum Gasteiger partial charge on any atom is 0.376 e. The topological polar surface area (TPSA) is 118 Å². The monoisotopic (exact) mass is 451 g/mol. The van der Waals surface area contributed by atoms with E-state index in [0.717, 1.165) is 20.8 Å². The van der Waals surface area contributed by atoms with Gasteiger partial charge in [0.05, 0.1) is 9.82 Å². The van der Waals surface area contributed by atoms with Gasteiger partial charge in [-0.05, 0) is 30.3 Å². The van der Waals surface area contributed by atoms with Crippen molar-refractivity contribution in [2.45, 2.75) is 4.90 Å². The van der Waals surface area contributed by atoms with Crippen molar-refractivity contribution in [1.29, 1.82) is 0 Å². The van der Waals surface area contributed by atoms with Gasteiger partial charge in [-0.25, -0.2) is 22.2 Å². The summed E-state index contributed by atoms with van der Waals surface area (Å²) in [5, 5.41) is 11.6. The van der Waals surface area contributed by atoms with Gasteiger partial charge in [-0.15, -0.1) is 0 Å². The largest absolute Gasteiger partial charge is 0.376 e. The SMILES string of the molecule is O=c1c([N+](=O)[O-])c(N2CCN(S(=O)(=O)c3ccc(F)c(F)c3)CC2)nc2ccccn12. The van der Waals surface area contributed by atoms with Crippen molar-refractivity contribution in [2.24, 2.45) is 0 Å². The van der Waals surface area contributed by atoms with Gasteiger partial charge < -0.3 is 4.90 Å². The summed E-state index contributed by atoms with van der Waals surface area (Å²) < 4.78 is 54.2. The maximum atomic E-state index is 13.5. The fourth-order valence-corrected chi connectivity index (χ4v) is 4.81. The lowest BCUT2D eigenvalue weighted by atomic mass is 10.3. The molecule has 13 heteroatoms. The van der Waals surface area contributed by atoms with Crippen LogP contribution in [-0.2, 0) is 10.0 Å². The highest BCUT2D eigenvalue weighted by atomic mass is 32.2. The molecule has 3 aromatic rings. The fraction of sp³-hybridized carbons (Fsp3) is 0.222. The molecule has 1 aliphatic rings. The Morgan fingerprint density at radius 3 is 2.39 bits per heavy atom. The number of benzene rings is 1. The molecule has 1 aromatic carbocycles. The average Bonchev–Trinajstić information content (AvgIpc) is 2.75. The van der Waals surface area contributed by atoms with E-state index in [4.69, 9.17) is 0 Å². The summed E-state index contributed by atoms with van der Waals surface area (Å²) in [6, 6.07) is 7.00. The van der Waals surface area contributed by atoms with Crippen LogP contribution >= 0.6 is 0 Å².